The quantitative estimate of drug-likeness (QED) is 0.811. The molecule has 27 heavy (non-hydrogen) atoms. The maximum atomic E-state index is 12.9. The van der Waals surface area contributed by atoms with Crippen molar-refractivity contribution in [3.63, 3.8) is 0 Å². The predicted octanol–water partition coefficient (Wildman–Crippen LogP) is 4.30. The number of hydrogen-bond donors (Lipinski definition) is 1. The van der Waals surface area contributed by atoms with Gasteiger partial charge in [0.2, 0.25) is 11.8 Å². The van der Waals surface area contributed by atoms with Gasteiger partial charge in [0.15, 0.2) is 5.17 Å². The van der Waals surface area contributed by atoms with E-state index in [0.29, 0.717) is 17.6 Å². The Hall–Kier alpha value is -2.60. The van der Waals surface area contributed by atoms with Crippen LogP contribution in [0.3, 0.4) is 0 Å². The van der Waals surface area contributed by atoms with Crippen LogP contribution in [0.15, 0.2) is 65.7 Å². The normalized spacial score (nSPS) is 18.3. The Balaban J connectivity index is 1.73. The second kappa shape index (κ2) is 8.86. The van der Waals surface area contributed by atoms with E-state index in [9.17, 15) is 9.59 Å². The van der Waals surface area contributed by atoms with Gasteiger partial charge in [-0.1, -0.05) is 62.0 Å². The summed E-state index contributed by atoms with van der Waals surface area (Å²) in [7, 11) is 0. The number of para-hydroxylation sites is 2. The second-order valence-corrected chi connectivity index (χ2v) is 7.97. The van der Waals surface area contributed by atoms with Crippen LogP contribution in [-0.4, -0.2) is 33.7 Å². The summed E-state index contributed by atoms with van der Waals surface area (Å²) in [4.78, 5) is 31.6. The largest absolute Gasteiger partial charge is 0.326 e. The van der Waals surface area contributed by atoms with Crippen molar-refractivity contribution >= 4 is 40.1 Å². The summed E-state index contributed by atoms with van der Waals surface area (Å²) < 4.78 is 0. The van der Waals surface area contributed by atoms with Crippen LogP contribution in [0.1, 0.15) is 20.3 Å². The van der Waals surface area contributed by atoms with Gasteiger partial charge in [-0.3, -0.25) is 14.5 Å². The van der Waals surface area contributed by atoms with Crippen molar-refractivity contribution in [2.24, 2.45) is 10.9 Å². The van der Waals surface area contributed by atoms with Gasteiger partial charge in [0, 0.05) is 18.7 Å². The van der Waals surface area contributed by atoms with Gasteiger partial charge in [-0.05, 0) is 30.2 Å². The lowest BCUT2D eigenvalue weighted by Crippen LogP contribution is -2.36. The minimum Gasteiger partial charge on any atom is -0.326 e. The molecule has 0 unspecified atom stereocenters. The highest BCUT2D eigenvalue weighted by atomic mass is 32.2. The van der Waals surface area contributed by atoms with Gasteiger partial charge in [-0.15, -0.1) is 0 Å². The molecule has 0 saturated carbocycles. The zero-order chi connectivity index (χ0) is 19.2. The number of thioether (sulfide) groups is 1. The molecule has 1 aliphatic heterocycles. The smallest absolute Gasteiger partial charge is 0.242 e. The zero-order valence-electron chi connectivity index (χ0n) is 15.5. The van der Waals surface area contributed by atoms with Crippen molar-refractivity contribution in [1.29, 1.82) is 0 Å². The SMILES string of the molecule is CC(C)CN1C(=O)[C@H](CC(=O)Nc2ccccc2)SC1=Nc1ccccc1. The Bertz CT molecular complexity index is 822. The van der Waals surface area contributed by atoms with Crippen molar-refractivity contribution in [2.75, 3.05) is 11.9 Å². The molecule has 2 aromatic carbocycles. The summed E-state index contributed by atoms with van der Waals surface area (Å²) in [6.07, 6.45) is 0.126. The number of nitrogens with zero attached hydrogens (tertiary/aromatic N) is 2. The number of nitrogens with one attached hydrogen (secondary N) is 1. The molecular weight excluding hydrogens is 358 g/mol. The molecule has 1 N–H and O–H groups in total. The van der Waals surface area contributed by atoms with Crippen molar-refractivity contribution in [3.05, 3.63) is 60.7 Å². The number of carbonyl (C=O) groups excluding carboxylic acids is 2. The molecular formula is C21H23N3O2S. The monoisotopic (exact) mass is 381 g/mol. The minimum atomic E-state index is -0.449. The van der Waals surface area contributed by atoms with E-state index in [1.807, 2.05) is 60.7 Å². The van der Waals surface area contributed by atoms with Crippen molar-refractivity contribution in [3.8, 4) is 0 Å². The van der Waals surface area contributed by atoms with Gasteiger partial charge >= 0.3 is 0 Å². The van der Waals surface area contributed by atoms with Crippen LogP contribution in [0.2, 0.25) is 0 Å². The number of amides is 2. The fraction of sp³-hybridized carbons (Fsp3) is 0.286. The van der Waals surface area contributed by atoms with Gasteiger partial charge in [0.25, 0.3) is 0 Å². The van der Waals surface area contributed by atoms with Crippen LogP contribution >= 0.6 is 11.8 Å². The van der Waals surface area contributed by atoms with Crippen LogP contribution < -0.4 is 5.32 Å². The van der Waals surface area contributed by atoms with E-state index in [4.69, 9.17) is 0 Å². The molecule has 5 nitrogen and oxygen atoms in total. The molecule has 0 aromatic heterocycles. The fourth-order valence-corrected chi connectivity index (χ4v) is 3.94. The topological polar surface area (TPSA) is 61.8 Å². The van der Waals surface area contributed by atoms with E-state index in [2.05, 4.69) is 24.2 Å². The Morgan fingerprint density at radius 2 is 1.74 bits per heavy atom. The molecule has 1 saturated heterocycles. The van der Waals surface area contributed by atoms with Gasteiger partial charge < -0.3 is 5.32 Å². The van der Waals surface area contributed by atoms with E-state index in [1.54, 1.807) is 4.90 Å². The maximum absolute atomic E-state index is 12.9. The van der Waals surface area contributed by atoms with Crippen LogP contribution in [0, 0.1) is 5.92 Å². The van der Waals surface area contributed by atoms with Crippen LogP contribution in [-0.2, 0) is 9.59 Å². The van der Waals surface area contributed by atoms with E-state index < -0.39 is 5.25 Å². The Morgan fingerprint density at radius 1 is 1.11 bits per heavy atom. The van der Waals surface area contributed by atoms with E-state index >= 15 is 0 Å². The molecule has 0 radical (unpaired) electrons. The summed E-state index contributed by atoms with van der Waals surface area (Å²) in [5.41, 5.74) is 1.53. The molecule has 1 aliphatic rings. The lowest BCUT2D eigenvalue weighted by atomic mass is 10.2. The van der Waals surface area contributed by atoms with Gasteiger partial charge in [-0.25, -0.2) is 4.99 Å². The third kappa shape index (κ3) is 5.20. The molecule has 2 amide bonds. The highest BCUT2D eigenvalue weighted by Gasteiger charge is 2.39. The average molecular weight is 382 g/mol. The molecule has 2 aromatic rings. The highest BCUT2D eigenvalue weighted by molar-refractivity contribution is 8.15. The molecule has 1 atom stereocenters. The second-order valence-electron chi connectivity index (χ2n) is 6.80. The van der Waals surface area contributed by atoms with Crippen molar-refractivity contribution in [2.45, 2.75) is 25.5 Å². The molecule has 0 bridgehead atoms. The summed E-state index contributed by atoms with van der Waals surface area (Å²) in [6.45, 7) is 4.72. The van der Waals surface area contributed by atoms with Gasteiger partial charge in [-0.2, -0.15) is 0 Å². The number of amidine groups is 1. The minimum absolute atomic E-state index is 0.0495. The molecule has 0 aliphatic carbocycles. The van der Waals surface area contributed by atoms with Gasteiger partial charge in [0.05, 0.1) is 5.69 Å². The summed E-state index contributed by atoms with van der Waals surface area (Å²) in [6, 6.07) is 18.8. The first kappa shape index (κ1) is 19.2. The summed E-state index contributed by atoms with van der Waals surface area (Å²) >= 11 is 1.37. The first-order valence-corrected chi connectivity index (χ1v) is 9.87. The maximum Gasteiger partial charge on any atom is 0.242 e. The number of anilines is 1. The zero-order valence-corrected chi connectivity index (χ0v) is 16.3. The molecule has 0 spiro atoms. The third-order valence-corrected chi connectivity index (χ3v) is 5.15. The first-order valence-electron chi connectivity index (χ1n) is 8.99. The average Bonchev–Trinajstić information content (AvgIpc) is 2.91. The molecule has 1 heterocycles. The number of hydrogen-bond acceptors (Lipinski definition) is 4. The molecule has 3 rings (SSSR count). The standard InChI is InChI=1S/C21H23N3O2S/c1-15(2)14-24-20(26)18(13-19(25)22-16-9-5-3-6-10-16)27-21(24)23-17-11-7-4-8-12-17/h3-12,15,18H,13-14H2,1-2H3,(H,22,25)/t18-/m0/s1. The van der Waals surface area contributed by atoms with E-state index in [0.717, 1.165) is 11.4 Å². The van der Waals surface area contributed by atoms with Crippen LogP contribution in [0.4, 0.5) is 11.4 Å². The predicted molar refractivity (Wildman–Crippen MR) is 111 cm³/mol. The number of aliphatic imine (C=N–C) groups is 1. The number of carbonyl (C=O) groups is 2. The van der Waals surface area contributed by atoms with Gasteiger partial charge in [0.1, 0.15) is 5.25 Å². The van der Waals surface area contributed by atoms with E-state index in [1.165, 1.54) is 11.8 Å². The highest BCUT2D eigenvalue weighted by Crippen LogP contribution is 2.32. The van der Waals surface area contributed by atoms with Crippen molar-refractivity contribution in [1.82, 2.24) is 4.90 Å². The number of benzene rings is 2. The summed E-state index contributed by atoms with van der Waals surface area (Å²) in [5, 5.41) is 3.06. The molecule has 140 valence electrons. The lowest BCUT2D eigenvalue weighted by molar-refractivity contribution is -0.128. The van der Waals surface area contributed by atoms with E-state index in [-0.39, 0.29) is 18.2 Å². The summed E-state index contributed by atoms with van der Waals surface area (Å²) in [5.74, 6) is 0.0940. The van der Waals surface area contributed by atoms with Crippen molar-refractivity contribution < 1.29 is 9.59 Å². The molecule has 6 heteroatoms. The molecule has 1 fully saturated rings. The first-order chi connectivity index (χ1) is 13.0. The Kier molecular flexibility index (Phi) is 6.29. The Labute approximate surface area is 163 Å². The van der Waals surface area contributed by atoms with Crippen LogP contribution in [0.25, 0.3) is 0 Å². The fourth-order valence-electron chi connectivity index (χ4n) is 2.77. The Morgan fingerprint density at radius 3 is 2.37 bits per heavy atom. The lowest BCUT2D eigenvalue weighted by Gasteiger charge is -2.18. The van der Waals surface area contributed by atoms with Crippen LogP contribution in [0.5, 0.6) is 0 Å². The number of rotatable bonds is 6. The third-order valence-electron chi connectivity index (χ3n) is 3.98.